The molecule has 1 unspecified atom stereocenters. The molecule has 0 saturated heterocycles. The highest BCUT2D eigenvalue weighted by molar-refractivity contribution is 9.10. The highest BCUT2D eigenvalue weighted by Crippen LogP contribution is 2.46. The summed E-state index contributed by atoms with van der Waals surface area (Å²) in [6.07, 6.45) is 2.25. The highest BCUT2D eigenvalue weighted by atomic mass is 79.9. The van der Waals surface area contributed by atoms with Gasteiger partial charge in [-0.3, -0.25) is 4.79 Å². The van der Waals surface area contributed by atoms with Gasteiger partial charge in [0.05, 0.1) is 13.0 Å². The summed E-state index contributed by atoms with van der Waals surface area (Å²) in [7, 11) is 1.46. The second kappa shape index (κ2) is 4.58. The van der Waals surface area contributed by atoms with Gasteiger partial charge in [0, 0.05) is 4.47 Å². The van der Waals surface area contributed by atoms with Crippen molar-refractivity contribution in [2.45, 2.75) is 25.7 Å². The molecular weight excluding hydrogens is 268 g/mol. The van der Waals surface area contributed by atoms with Crippen molar-refractivity contribution in [3.8, 4) is 0 Å². The Morgan fingerprint density at radius 2 is 2.19 bits per heavy atom. The van der Waals surface area contributed by atoms with E-state index in [0.29, 0.717) is 5.92 Å². The molecule has 0 spiro atoms. The topological polar surface area (TPSA) is 26.3 Å². The van der Waals surface area contributed by atoms with Crippen LogP contribution in [0, 0.1) is 12.8 Å². The molecule has 86 valence electrons. The molecule has 1 atom stereocenters. The lowest BCUT2D eigenvalue weighted by Gasteiger charge is -2.18. The molecular formula is C13H15BrO2. The van der Waals surface area contributed by atoms with Crippen LogP contribution in [0.25, 0.3) is 0 Å². The third-order valence-corrected chi connectivity index (χ3v) is 3.82. The summed E-state index contributed by atoms with van der Waals surface area (Å²) < 4.78 is 5.93. The predicted octanol–water partition coefficient (Wildman–Crippen LogP) is 3.42. The van der Waals surface area contributed by atoms with Gasteiger partial charge in [-0.2, -0.15) is 0 Å². The highest BCUT2D eigenvalue weighted by Gasteiger charge is 2.39. The van der Waals surface area contributed by atoms with Gasteiger partial charge in [-0.25, -0.2) is 0 Å². The minimum absolute atomic E-state index is 0.0967. The predicted molar refractivity (Wildman–Crippen MR) is 66.4 cm³/mol. The fraction of sp³-hybridized carbons (Fsp3) is 0.462. The normalized spacial score (nSPS) is 16.9. The summed E-state index contributed by atoms with van der Waals surface area (Å²) in [5, 5.41) is 0. The maximum Gasteiger partial charge on any atom is 0.313 e. The summed E-state index contributed by atoms with van der Waals surface area (Å²) in [5.41, 5.74) is 2.24. The molecule has 1 saturated carbocycles. The molecule has 1 aromatic carbocycles. The second-order valence-corrected chi connectivity index (χ2v) is 5.16. The lowest BCUT2D eigenvalue weighted by atomic mass is 9.91. The van der Waals surface area contributed by atoms with Crippen molar-refractivity contribution in [1.29, 1.82) is 0 Å². The van der Waals surface area contributed by atoms with Crippen LogP contribution in [-0.2, 0) is 9.53 Å². The van der Waals surface area contributed by atoms with Crippen molar-refractivity contribution in [2.75, 3.05) is 7.11 Å². The first-order chi connectivity index (χ1) is 7.65. The number of carbonyl (C=O) groups is 1. The fourth-order valence-electron chi connectivity index (χ4n) is 2.14. The van der Waals surface area contributed by atoms with Gasteiger partial charge in [-0.15, -0.1) is 0 Å². The maximum atomic E-state index is 11.9. The number of carbonyl (C=O) groups excluding carboxylic acids is 1. The van der Waals surface area contributed by atoms with Gasteiger partial charge in [0.15, 0.2) is 0 Å². The number of hydrogen-bond donors (Lipinski definition) is 0. The SMILES string of the molecule is COC(=O)C(c1c(C)cccc1Br)C1CC1. The number of rotatable bonds is 3. The maximum absolute atomic E-state index is 11.9. The van der Waals surface area contributed by atoms with Gasteiger partial charge in [-0.1, -0.05) is 28.1 Å². The van der Waals surface area contributed by atoms with Crippen LogP contribution >= 0.6 is 15.9 Å². The van der Waals surface area contributed by atoms with Gasteiger partial charge < -0.3 is 4.74 Å². The van der Waals surface area contributed by atoms with Crippen LogP contribution in [0.1, 0.15) is 29.9 Å². The first-order valence-electron chi connectivity index (χ1n) is 5.48. The molecule has 1 aliphatic carbocycles. The first kappa shape index (κ1) is 11.6. The Hall–Kier alpha value is -0.830. The third kappa shape index (κ3) is 2.14. The lowest BCUT2D eigenvalue weighted by molar-refractivity contribution is -0.143. The van der Waals surface area contributed by atoms with Crippen LogP contribution in [0.4, 0.5) is 0 Å². The van der Waals surface area contributed by atoms with E-state index in [1.807, 2.05) is 25.1 Å². The molecule has 1 fully saturated rings. The average molecular weight is 283 g/mol. The van der Waals surface area contributed by atoms with Crippen molar-refractivity contribution in [3.63, 3.8) is 0 Å². The summed E-state index contributed by atoms with van der Waals surface area (Å²) >= 11 is 3.53. The number of ether oxygens (including phenoxy) is 1. The standard InChI is InChI=1S/C13H15BrO2/c1-8-4-3-5-10(14)11(8)12(9-6-7-9)13(15)16-2/h3-5,9,12H,6-7H2,1-2H3. The van der Waals surface area contributed by atoms with E-state index < -0.39 is 0 Å². The van der Waals surface area contributed by atoms with E-state index >= 15 is 0 Å². The molecule has 16 heavy (non-hydrogen) atoms. The number of methoxy groups -OCH3 is 1. The molecule has 2 nitrogen and oxygen atoms in total. The van der Waals surface area contributed by atoms with Crippen molar-refractivity contribution in [2.24, 2.45) is 5.92 Å². The molecule has 0 bridgehead atoms. The van der Waals surface area contributed by atoms with E-state index in [-0.39, 0.29) is 11.9 Å². The van der Waals surface area contributed by atoms with E-state index in [1.54, 1.807) is 0 Å². The largest absolute Gasteiger partial charge is 0.469 e. The quantitative estimate of drug-likeness (QED) is 0.794. The Labute approximate surface area is 104 Å². The molecule has 0 N–H and O–H groups in total. The van der Waals surface area contributed by atoms with Crippen molar-refractivity contribution >= 4 is 21.9 Å². The zero-order valence-electron chi connectivity index (χ0n) is 9.50. The number of esters is 1. The van der Waals surface area contributed by atoms with Crippen LogP contribution in [0.15, 0.2) is 22.7 Å². The number of benzene rings is 1. The Morgan fingerprint density at radius 1 is 1.50 bits per heavy atom. The Bertz CT molecular complexity index is 390. The summed E-state index contributed by atoms with van der Waals surface area (Å²) in [6.45, 7) is 2.04. The number of halogens is 1. The molecule has 0 radical (unpaired) electrons. The van der Waals surface area contributed by atoms with Crippen LogP contribution in [0.2, 0.25) is 0 Å². The summed E-state index contributed by atoms with van der Waals surface area (Å²) in [6, 6.07) is 6.02. The minimum atomic E-state index is -0.113. The zero-order chi connectivity index (χ0) is 11.7. The van der Waals surface area contributed by atoms with Crippen molar-refractivity contribution in [3.05, 3.63) is 33.8 Å². The van der Waals surface area contributed by atoms with E-state index in [0.717, 1.165) is 28.4 Å². The Morgan fingerprint density at radius 3 is 2.69 bits per heavy atom. The molecule has 0 amide bonds. The van der Waals surface area contributed by atoms with Crippen LogP contribution in [0.5, 0.6) is 0 Å². The van der Waals surface area contributed by atoms with E-state index in [2.05, 4.69) is 15.9 Å². The fourth-order valence-corrected chi connectivity index (χ4v) is 2.85. The second-order valence-electron chi connectivity index (χ2n) is 4.31. The molecule has 2 rings (SSSR count). The molecule has 1 aliphatic rings. The van der Waals surface area contributed by atoms with E-state index in [4.69, 9.17) is 4.74 Å². The van der Waals surface area contributed by atoms with Gasteiger partial charge >= 0.3 is 5.97 Å². The minimum Gasteiger partial charge on any atom is -0.469 e. The van der Waals surface area contributed by atoms with Crippen molar-refractivity contribution < 1.29 is 9.53 Å². The van der Waals surface area contributed by atoms with E-state index in [9.17, 15) is 4.79 Å². The molecule has 1 aromatic rings. The van der Waals surface area contributed by atoms with Gasteiger partial charge in [0.2, 0.25) is 0 Å². The monoisotopic (exact) mass is 282 g/mol. The molecule has 3 heteroatoms. The van der Waals surface area contributed by atoms with Gasteiger partial charge in [0.1, 0.15) is 0 Å². The van der Waals surface area contributed by atoms with Crippen LogP contribution < -0.4 is 0 Å². The first-order valence-corrected chi connectivity index (χ1v) is 6.27. The summed E-state index contributed by atoms with van der Waals surface area (Å²) in [4.78, 5) is 11.9. The molecule has 0 aliphatic heterocycles. The van der Waals surface area contributed by atoms with Crippen molar-refractivity contribution in [1.82, 2.24) is 0 Å². The molecule has 0 aromatic heterocycles. The van der Waals surface area contributed by atoms with Gasteiger partial charge in [0.25, 0.3) is 0 Å². The van der Waals surface area contributed by atoms with Gasteiger partial charge in [-0.05, 0) is 42.9 Å². The Balaban J connectivity index is 2.42. The van der Waals surface area contributed by atoms with Crippen LogP contribution in [-0.4, -0.2) is 13.1 Å². The summed E-state index contributed by atoms with van der Waals surface area (Å²) in [5.74, 6) is 0.253. The lowest BCUT2D eigenvalue weighted by Crippen LogP contribution is -2.17. The number of hydrogen-bond acceptors (Lipinski definition) is 2. The van der Waals surface area contributed by atoms with Crippen LogP contribution in [0.3, 0.4) is 0 Å². The number of aryl methyl sites for hydroxylation is 1. The Kier molecular flexibility index (Phi) is 3.33. The smallest absolute Gasteiger partial charge is 0.313 e. The molecule has 0 heterocycles. The average Bonchev–Trinajstić information content (AvgIpc) is 3.06. The van der Waals surface area contributed by atoms with E-state index in [1.165, 1.54) is 7.11 Å². The third-order valence-electron chi connectivity index (χ3n) is 3.13. The zero-order valence-corrected chi connectivity index (χ0v) is 11.1.